The molecule has 1 heterocycles. The molecule has 0 N–H and O–H groups in total. The molecule has 0 bridgehead atoms. The minimum absolute atomic E-state index is 0.220. The number of hydrogen-bond donors (Lipinski definition) is 0. The average Bonchev–Trinajstić information content (AvgIpc) is 2.97. The van der Waals surface area contributed by atoms with Crippen LogP contribution in [0.15, 0.2) is 91.0 Å². The summed E-state index contributed by atoms with van der Waals surface area (Å²) in [4.78, 5) is 24.1. The standard InChI is InChI=1S/C34H42O6Si/c1-25(16-15-23-35)37-33-31(39-32(36)27-17-9-6-10-18-27)24-30(26(2)38-33)40-41(34(3,4)5,28-19-11-7-12-20-28)29-21-13-8-14-22-29/h6-14,17-23,25-26,30-31,33H,15-16,24H2,1-5H3/t25-,26+,30-,31-,33-/m1/s1. The first-order valence-electron chi connectivity index (χ1n) is 14.4. The second-order valence-electron chi connectivity index (χ2n) is 11.8. The Balaban J connectivity index is 1.69. The third-order valence-corrected chi connectivity index (χ3v) is 12.8. The van der Waals surface area contributed by atoms with Gasteiger partial charge in [-0.1, -0.05) is 99.6 Å². The Morgan fingerprint density at radius 3 is 1.98 bits per heavy atom. The molecule has 0 saturated carbocycles. The highest BCUT2D eigenvalue weighted by atomic mass is 28.4. The van der Waals surface area contributed by atoms with Gasteiger partial charge in [-0.25, -0.2) is 4.79 Å². The Bertz CT molecular complexity index is 1200. The molecule has 1 fully saturated rings. The van der Waals surface area contributed by atoms with Crippen molar-refractivity contribution < 1.29 is 28.2 Å². The zero-order chi connectivity index (χ0) is 29.5. The zero-order valence-electron chi connectivity index (χ0n) is 24.7. The van der Waals surface area contributed by atoms with Gasteiger partial charge in [0.25, 0.3) is 8.32 Å². The van der Waals surface area contributed by atoms with Gasteiger partial charge in [0, 0.05) is 12.8 Å². The molecular formula is C34H42O6Si. The van der Waals surface area contributed by atoms with Crippen molar-refractivity contribution in [1.82, 2.24) is 0 Å². The van der Waals surface area contributed by atoms with Gasteiger partial charge in [0.2, 0.25) is 0 Å². The first-order valence-corrected chi connectivity index (χ1v) is 16.4. The number of aldehydes is 1. The number of carbonyl (C=O) groups is 2. The topological polar surface area (TPSA) is 71.1 Å². The summed E-state index contributed by atoms with van der Waals surface area (Å²) >= 11 is 0. The van der Waals surface area contributed by atoms with Gasteiger partial charge in [0.05, 0.1) is 23.9 Å². The molecule has 0 aliphatic carbocycles. The normalized spacial score (nSPS) is 22.1. The molecule has 41 heavy (non-hydrogen) atoms. The summed E-state index contributed by atoms with van der Waals surface area (Å²) in [6, 6.07) is 29.9. The molecule has 0 amide bonds. The molecule has 0 unspecified atom stereocenters. The van der Waals surface area contributed by atoms with E-state index >= 15 is 0 Å². The average molecular weight is 575 g/mol. The highest BCUT2D eigenvalue weighted by molar-refractivity contribution is 6.99. The molecule has 3 aromatic carbocycles. The summed E-state index contributed by atoms with van der Waals surface area (Å²) in [7, 11) is -2.88. The lowest BCUT2D eigenvalue weighted by Crippen LogP contribution is -2.69. The quantitative estimate of drug-likeness (QED) is 0.167. The van der Waals surface area contributed by atoms with Crippen molar-refractivity contribution in [3.63, 3.8) is 0 Å². The van der Waals surface area contributed by atoms with Crippen LogP contribution in [-0.4, -0.2) is 51.3 Å². The maximum absolute atomic E-state index is 13.2. The maximum Gasteiger partial charge on any atom is 0.338 e. The molecule has 0 radical (unpaired) electrons. The third kappa shape index (κ3) is 7.22. The first-order chi connectivity index (χ1) is 19.7. The largest absolute Gasteiger partial charge is 0.453 e. The summed E-state index contributed by atoms with van der Waals surface area (Å²) in [5.41, 5.74) is 0.461. The summed E-state index contributed by atoms with van der Waals surface area (Å²) in [5.74, 6) is -0.438. The van der Waals surface area contributed by atoms with Crippen LogP contribution in [0.5, 0.6) is 0 Å². The summed E-state index contributed by atoms with van der Waals surface area (Å²) in [6.45, 7) is 10.6. The van der Waals surface area contributed by atoms with Crippen molar-refractivity contribution in [3.8, 4) is 0 Å². The SMILES string of the molecule is C[C@H](CCC=O)O[C@@H]1O[C@@H](C)[C@H](O[Si](c2ccccc2)(c2ccccc2)C(C)(C)C)C[C@H]1OC(=O)c1ccccc1. The molecule has 0 spiro atoms. The van der Waals surface area contributed by atoms with E-state index in [4.69, 9.17) is 18.6 Å². The van der Waals surface area contributed by atoms with Gasteiger partial charge >= 0.3 is 5.97 Å². The van der Waals surface area contributed by atoms with E-state index in [1.165, 1.54) is 10.4 Å². The Morgan fingerprint density at radius 2 is 1.46 bits per heavy atom. The molecule has 1 aliphatic heterocycles. The van der Waals surface area contributed by atoms with Crippen molar-refractivity contribution in [1.29, 1.82) is 0 Å². The van der Waals surface area contributed by atoms with Crippen molar-refractivity contribution in [3.05, 3.63) is 96.6 Å². The van der Waals surface area contributed by atoms with E-state index in [1.54, 1.807) is 24.3 Å². The number of rotatable bonds is 11. The molecule has 0 aromatic heterocycles. The number of ether oxygens (including phenoxy) is 3. The molecule has 7 heteroatoms. The number of hydrogen-bond acceptors (Lipinski definition) is 6. The lowest BCUT2D eigenvalue weighted by Gasteiger charge is -2.48. The summed E-state index contributed by atoms with van der Waals surface area (Å²) < 4.78 is 26.1. The van der Waals surface area contributed by atoms with E-state index in [1.807, 2.05) is 32.0 Å². The Hall–Kier alpha value is -3.10. The fourth-order valence-corrected chi connectivity index (χ4v) is 10.3. The molecule has 1 aliphatic rings. The number of carbonyl (C=O) groups excluding carboxylic acids is 2. The van der Waals surface area contributed by atoms with Gasteiger partial charge in [0.1, 0.15) is 6.29 Å². The molecule has 6 nitrogen and oxygen atoms in total. The number of benzene rings is 3. The highest BCUT2D eigenvalue weighted by Gasteiger charge is 2.53. The summed E-state index contributed by atoms with van der Waals surface area (Å²) in [6.07, 6.45) is -0.174. The number of esters is 1. The Labute approximate surface area is 245 Å². The van der Waals surface area contributed by atoms with Gasteiger partial charge in [-0.2, -0.15) is 0 Å². The Morgan fingerprint density at radius 1 is 0.927 bits per heavy atom. The minimum Gasteiger partial charge on any atom is -0.453 e. The zero-order valence-corrected chi connectivity index (χ0v) is 25.7. The molecule has 1 saturated heterocycles. The van der Waals surface area contributed by atoms with E-state index in [-0.39, 0.29) is 23.4 Å². The fourth-order valence-electron chi connectivity index (χ4n) is 5.58. The lowest BCUT2D eigenvalue weighted by molar-refractivity contribution is -0.270. The maximum atomic E-state index is 13.2. The lowest BCUT2D eigenvalue weighted by atomic mass is 10.0. The van der Waals surface area contributed by atoms with Gasteiger partial charge in [-0.05, 0) is 47.8 Å². The van der Waals surface area contributed by atoms with E-state index in [0.717, 1.165) is 6.29 Å². The van der Waals surface area contributed by atoms with Crippen LogP contribution >= 0.6 is 0 Å². The van der Waals surface area contributed by atoms with Crippen LogP contribution in [0.1, 0.15) is 64.2 Å². The van der Waals surface area contributed by atoms with Crippen molar-refractivity contribution in [2.24, 2.45) is 0 Å². The van der Waals surface area contributed by atoms with Crippen LogP contribution in [-0.2, 0) is 23.4 Å². The van der Waals surface area contributed by atoms with Crippen molar-refractivity contribution >= 4 is 30.9 Å². The van der Waals surface area contributed by atoms with Crippen LogP contribution in [0.2, 0.25) is 5.04 Å². The van der Waals surface area contributed by atoms with Crippen LogP contribution in [0.3, 0.4) is 0 Å². The van der Waals surface area contributed by atoms with Crippen molar-refractivity contribution in [2.45, 2.75) is 89.6 Å². The molecule has 4 rings (SSSR count). The van der Waals surface area contributed by atoms with Gasteiger partial charge in [-0.15, -0.1) is 0 Å². The van der Waals surface area contributed by atoms with Crippen LogP contribution in [0.25, 0.3) is 0 Å². The van der Waals surface area contributed by atoms with E-state index in [0.29, 0.717) is 24.8 Å². The van der Waals surface area contributed by atoms with Gasteiger partial charge in [0.15, 0.2) is 12.4 Å². The predicted octanol–water partition coefficient (Wildman–Crippen LogP) is 5.68. The van der Waals surface area contributed by atoms with Gasteiger partial charge in [-0.3, -0.25) is 0 Å². The second-order valence-corrected chi connectivity index (χ2v) is 16.0. The monoisotopic (exact) mass is 574 g/mol. The minimum atomic E-state index is -2.88. The second kappa shape index (κ2) is 13.7. The molecule has 3 aromatic rings. The third-order valence-electron chi connectivity index (χ3n) is 7.71. The van der Waals surface area contributed by atoms with Crippen LogP contribution < -0.4 is 10.4 Å². The molecule has 218 valence electrons. The summed E-state index contributed by atoms with van der Waals surface area (Å²) in [5, 5.41) is 2.12. The van der Waals surface area contributed by atoms with E-state index < -0.39 is 26.7 Å². The van der Waals surface area contributed by atoms with E-state index in [2.05, 4.69) is 69.3 Å². The smallest absolute Gasteiger partial charge is 0.338 e. The fraction of sp³-hybridized carbons (Fsp3) is 0.412. The van der Waals surface area contributed by atoms with Crippen LogP contribution in [0.4, 0.5) is 0 Å². The van der Waals surface area contributed by atoms with Gasteiger partial charge < -0.3 is 23.4 Å². The van der Waals surface area contributed by atoms with Crippen molar-refractivity contribution in [2.75, 3.05) is 0 Å². The Kier molecular flexibility index (Phi) is 10.3. The van der Waals surface area contributed by atoms with E-state index in [9.17, 15) is 9.59 Å². The predicted molar refractivity (Wildman–Crippen MR) is 163 cm³/mol. The highest BCUT2D eigenvalue weighted by Crippen LogP contribution is 2.40. The molecule has 5 atom stereocenters. The first kappa shape index (κ1) is 30.8. The molecular weight excluding hydrogens is 532 g/mol. The van der Waals surface area contributed by atoms with Crippen LogP contribution in [0, 0.1) is 0 Å².